The Morgan fingerprint density at radius 3 is 2.94 bits per heavy atom. The van der Waals surface area contributed by atoms with Crippen LogP contribution in [0.3, 0.4) is 0 Å². The smallest absolute Gasteiger partial charge is 0.233 e. The molecular weight excluding hydrogens is 216 g/mol. The SMILES string of the molecule is CCCCNC(=O)CNCCc1nccn1C. The Morgan fingerprint density at radius 2 is 2.29 bits per heavy atom. The topological polar surface area (TPSA) is 59.0 Å². The Bertz CT molecular complexity index is 335. The van der Waals surface area contributed by atoms with E-state index in [0.29, 0.717) is 6.54 Å². The summed E-state index contributed by atoms with van der Waals surface area (Å²) in [7, 11) is 1.97. The number of hydrogen-bond acceptors (Lipinski definition) is 3. The van der Waals surface area contributed by atoms with Crippen LogP contribution in [0.1, 0.15) is 25.6 Å². The van der Waals surface area contributed by atoms with Crippen LogP contribution in [0.5, 0.6) is 0 Å². The van der Waals surface area contributed by atoms with Crippen molar-refractivity contribution in [2.24, 2.45) is 7.05 Å². The number of hydrogen-bond donors (Lipinski definition) is 2. The van der Waals surface area contributed by atoms with Gasteiger partial charge in [-0.3, -0.25) is 4.79 Å². The quantitative estimate of drug-likeness (QED) is 0.647. The predicted molar refractivity (Wildman–Crippen MR) is 67.7 cm³/mol. The molecule has 0 saturated heterocycles. The molecule has 1 aromatic heterocycles. The molecule has 17 heavy (non-hydrogen) atoms. The fraction of sp³-hybridized carbons (Fsp3) is 0.667. The van der Waals surface area contributed by atoms with Crippen LogP contribution in [0.25, 0.3) is 0 Å². The summed E-state index contributed by atoms with van der Waals surface area (Å²) in [5, 5.41) is 5.98. The Hall–Kier alpha value is -1.36. The van der Waals surface area contributed by atoms with Crippen molar-refractivity contribution >= 4 is 5.91 Å². The van der Waals surface area contributed by atoms with E-state index in [1.165, 1.54) is 0 Å². The molecule has 0 aliphatic carbocycles. The highest BCUT2D eigenvalue weighted by atomic mass is 16.1. The lowest BCUT2D eigenvalue weighted by Gasteiger charge is -2.06. The van der Waals surface area contributed by atoms with Gasteiger partial charge >= 0.3 is 0 Å². The molecule has 0 unspecified atom stereocenters. The number of aromatic nitrogens is 2. The van der Waals surface area contributed by atoms with Crippen molar-refractivity contribution in [2.75, 3.05) is 19.6 Å². The summed E-state index contributed by atoms with van der Waals surface area (Å²) < 4.78 is 1.99. The summed E-state index contributed by atoms with van der Waals surface area (Å²) in [5.74, 6) is 1.10. The van der Waals surface area contributed by atoms with E-state index in [0.717, 1.165) is 38.2 Å². The number of nitrogens with zero attached hydrogens (tertiary/aromatic N) is 2. The molecule has 1 heterocycles. The highest BCUT2D eigenvalue weighted by Gasteiger charge is 2.01. The molecule has 0 spiro atoms. The summed E-state index contributed by atoms with van der Waals surface area (Å²) in [6, 6.07) is 0. The van der Waals surface area contributed by atoms with Crippen LogP contribution in [0.15, 0.2) is 12.4 Å². The van der Waals surface area contributed by atoms with Crippen LogP contribution in [-0.2, 0) is 18.3 Å². The number of amides is 1. The maximum Gasteiger partial charge on any atom is 0.233 e. The summed E-state index contributed by atoms with van der Waals surface area (Å²) in [4.78, 5) is 15.6. The van der Waals surface area contributed by atoms with Gasteiger partial charge in [-0.05, 0) is 6.42 Å². The fourth-order valence-electron chi connectivity index (χ4n) is 1.51. The van der Waals surface area contributed by atoms with Gasteiger partial charge in [-0.15, -0.1) is 0 Å². The molecule has 0 fully saturated rings. The molecule has 5 heteroatoms. The maximum absolute atomic E-state index is 11.4. The van der Waals surface area contributed by atoms with E-state index in [1.807, 2.05) is 17.8 Å². The van der Waals surface area contributed by atoms with Crippen molar-refractivity contribution in [3.63, 3.8) is 0 Å². The number of aryl methyl sites for hydroxylation is 1. The second kappa shape index (κ2) is 7.84. The first kappa shape index (κ1) is 13.7. The average molecular weight is 238 g/mol. The van der Waals surface area contributed by atoms with Gasteiger partial charge in [0.15, 0.2) is 0 Å². The molecule has 5 nitrogen and oxygen atoms in total. The number of rotatable bonds is 8. The lowest BCUT2D eigenvalue weighted by atomic mass is 10.3. The predicted octanol–water partition coefficient (Wildman–Crippen LogP) is 0.469. The second-order valence-electron chi connectivity index (χ2n) is 4.08. The van der Waals surface area contributed by atoms with Crippen LogP contribution in [0.2, 0.25) is 0 Å². The van der Waals surface area contributed by atoms with Gasteiger partial charge in [0.25, 0.3) is 0 Å². The third-order valence-corrected chi connectivity index (χ3v) is 2.58. The number of carbonyl (C=O) groups is 1. The van der Waals surface area contributed by atoms with Crippen molar-refractivity contribution < 1.29 is 4.79 Å². The van der Waals surface area contributed by atoms with E-state index in [4.69, 9.17) is 0 Å². The molecule has 0 radical (unpaired) electrons. The molecule has 1 aromatic rings. The molecule has 0 bridgehead atoms. The first-order valence-corrected chi connectivity index (χ1v) is 6.17. The molecule has 0 aliphatic rings. The van der Waals surface area contributed by atoms with Crippen molar-refractivity contribution in [1.82, 2.24) is 20.2 Å². The lowest BCUT2D eigenvalue weighted by molar-refractivity contribution is -0.120. The molecule has 0 atom stereocenters. The van der Waals surface area contributed by atoms with Gasteiger partial charge in [0, 0.05) is 39.0 Å². The van der Waals surface area contributed by atoms with Crippen LogP contribution in [0.4, 0.5) is 0 Å². The van der Waals surface area contributed by atoms with Gasteiger partial charge < -0.3 is 15.2 Å². The molecule has 1 rings (SSSR count). The van der Waals surface area contributed by atoms with Gasteiger partial charge in [-0.1, -0.05) is 13.3 Å². The number of nitrogens with one attached hydrogen (secondary N) is 2. The highest BCUT2D eigenvalue weighted by Crippen LogP contribution is 1.93. The fourth-order valence-corrected chi connectivity index (χ4v) is 1.51. The van der Waals surface area contributed by atoms with Crippen LogP contribution in [0, 0.1) is 0 Å². The molecule has 2 N–H and O–H groups in total. The molecule has 0 aromatic carbocycles. The van der Waals surface area contributed by atoms with Crippen molar-refractivity contribution in [3.05, 3.63) is 18.2 Å². The molecule has 1 amide bonds. The summed E-state index contributed by atoms with van der Waals surface area (Å²) in [6.45, 7) is 4.04. The van der Waals surface area contributed by atoms with E-state index in [2.05, 4.69) is 22.5 Å². The molecule has 96 valence electrons. The minimum atomic E-state index is 0.0679. The van der Waals surface area contributed by atoms with E-state index in [1.54, 1.807) is 6.20 Å². The third kappa shape index (κ3) is 5.49. The summed E-state index contributed by atoms with van der Waals surface area (Å²) >= 11 is 0. The summed E-state index contributed by atoms with van der Waals surface area (Å²) in [5.41, 5.74) is 0. The Balaban J connectivity index is 2.04. The number of unbranched alkanes of at least 4 members (excludes halogenated alkanes) is 1. The van der Waals surface area contributed by atoms with Crippen LogP contribution >= 0.6 is 0 Å². The van der Waals surface area contributed by atoms with E-state index < -0.39 is 0 Å². The zero-order valence-corrected chi connectivity index (χ0v) is 10.7. The van der Waals surface area contributed by atoms with Gasteiger partial charge in [-0.2, -0.15) is 0 Å². The van der Waals surface area contributed by atoms with Gasteiger partial charge in [0.1, 0.15) is 5.82 Å². The number of carbonyl (C=O) groups excluding carboxylic acids is 1. The first-order chi connectivity index (χ1) is 8.24. The maximum atomic E-state index is 11.4. The van der Waals surface area contributed by atoms with Crippen molar-refractivity contribution in [2.45, 2.75) is 26.2 Å². The van der Waals surface area contributed by atoms with Crippen LogP contribution in [-0.4, -0.2) is 35.1 Å². The van der Waals surface area contributed by atoms with Crippen LogP contribution < -0.4 is 10.6 Å². The van der Waals surface area contributed by atoms with Gasteiger partial charge in [-0.25, -0.2) is 4.98 Å². The molecular formula is C12H22N4O. The largest absolute Gasteiger partial charge is 0.355 e. The standard InChI is InChI=1S/C12H22N4O/c1-3-4-6-15-12(17)10-13-7-5-11-14-8-9-16(11)2/h8-9,13H,3-7,10H2,1-2H3,(H,15,17). The Labute approximate surface area is 103 Å². The molecule has 0 aliphatic heterocycles. The third-order valence-electron chi connectivity index (χ3n) is 2.58. The normalized spacial score (nSPS) is 10.5. The monoisotopic (exact) mass is 238 g/mol. The number of imidazole rings is 1. The summed E-state index contributed by atoms with van der Waals surface area (Å²) in [6.07, 6.45) is 6.69. The average Bonchev–Trinajstić information content (AvgIpc) is 2.71. The second-order valence-corrected chi connectivity index (χ2v) is 4.08. The first-order valence-electron chi connectivity index (χ1n) is 6.17. The molecule has 0 saturated carbocycles. The van der Waals surface area contributed by atoms with Gasteiger partial charge in [0.2, 0.25) is 5.91 Å². The van der Waals surface area contributed by atoms with Crippen molar-refractivity contribution in [3.8, 4) is 0 Å². The Morgan fingerprint density at radius 1 is 1.47 bits per heavy atom. The van der Waals surface area contributed by atoms with Crippen molar-refractivity contribution in [1.29, 1.82) is 0 Å². The zero-order valence-electron chi connectivity index (χ0n) is 10.7. The highest BCUT2D eigenvalue weighted by molar-refractivity contribution is 5.77. The zero-order chi connectivity index (χ0) is 12.5. The Kier molecular flexibility index (Phi) is 6.32. The minimum Gasteiger partial charge on any atom is -0.355 e. The van der Waals surface area contributed by atoms with Gasteiger partial charge in [0.05, 0.1) is 6.54 Å². The minimum absolute atomic E-state index is 0.0679. The van der Waals surface area contributed by atoms with E-state index in [9.17, 15) is 4.79 Å². The van der Waals surface area contributed by atoms with E-state index in [-0.39, 0.29) is 5.91 Å². The van der Waals surface area contributed by atoms with E-state index >= 15 is 0 Å². The lowest BCUT2D eigenvalue weighted by Crippen LogP contribution is -2.35.